The lowest BCUT2D eigenvalue weighted by molar-refractivity contribution is 0.0528. The quantitative estimate of drug-likeness (QED) is 0.766. The summed E-state index contributed by atoms with van der Waals surface area (Å²) in [6.07, 6.45) is 4.10. The molecule has 1 aliphatic rings. The van der Waals surface area contributed by atoms with Crippen LogP contribution in [0.4, 0.5) is 0 Å². The van der Waals surface area contributed by atoms with E-state index >= 15 is 0 Å². The first kappa shape index (κ1) is 12.0. The third kappa shape index (κ3) is 2.03. The second-order valence-corrected chi connectivity index (χ2v) is 4.72. The molecule has 0 bridgehead atoms. The zero-order valence-electron chi connectivity index (χ0n) is 10.9. The smallest absolute Gasteiger partial charge is 0.343 e. The van der Waals surface area contributed by atoms with Gasteiger partial charge in [-0.05, 0) is 19.3 Å². The monoisotopic (exact) mass is 261 g/mol. The number of carbonyl (C=O) groups excluding carboxylic acids is 1. The van der Waals surface area contributed by atoms with Crippen molar-refractivity contribution in [1.29, 1.82) is 0 Å². The van der Waals surface area contributed by atoms with Crippen LogP contribution in [-0.4, -0.2) is 33.8 Å². The van der Waals surface area contributed by atoms with E-state index in [2.05, 4.69) is 17.0 Å². The van der Waals surface area contributed by atoms with Crippen molar-refractivity contribution in [3.63, 3.8) is 0 Å². The molecule has 0 saturated heterocycles. The van der Waals surface area contributed by atoms with Crippen LogP contribution in [0, 0.1) is 5.92 Å². The summed E-state index contributed by atoms with van der Waals surface area (Å²) in [4.78, 5) is 16.3. The number of fused-ring (bicyclic) bond motifs is 2. The average molecular weight is 261 g/mol. The fourth-order valence-electron chi connectivity index (χ4n) is 2.17. The van der Waals surface area contributed by atoms with E-state index in [0.29, 0.717) is 30.3 Å². The van der Waals surface area contributed by atoms with Crippen LogP contribution in [0.5, 0.6) is 5.75 Å². The summed E-state index contributed by atoms with van der Waals surface area (Å²) < 4.78 is 12.2. The van der Waals surface area contributed by atoms with Crippen molar-refractivity contribution in [1.82, 2.24) is 14.6 Å². The molecule has 0 saturated carbocycles. The number of carbonyl (C=O) groups is 1. The second-order valence-electron chi connectivity index (χ2n) is 4.72. The number of aromatic nitrogens is 3. The Morgan fingerprint density at radius 1 is 1.63 bits per heavy atom. The maximum Gasteiger partial charge on any atom is 0.343 e. The lowest BCUT2D eigenvalue weighted by atomic mass is 10.0. The first-order valence-electron chi connectivity index (χ1n) is 6.36. The molecule has 0 aromatic carbocycles. The Balaban J connectivity index is 2.08. The van der Waals surface area contributed by atoms with Crippen molar-refractivity contribution < 1.29 is 14.3 Å². The Labute approximate surface area is 110 Å². The lowest BCUT2D eigenvalue weighted by Gasteiger charge is -2.21. The topological polar surface area (TPSA) is 65.7 Å². The van der Waals surface area contributed by atoms with Crippen molar-refractivity contribution in [3.05, 3.63) is 23.7 Å². The van der Waals surface area contributed by atoms with E-state index in [1.165, 1.54) is 6.20 Å². The predicted molar refractivity (Wildman–Crippen MR) is 67.3 cm³/mol. The molecular formula is C13H15N3O3. The van der Waals surface area contributed by atoms with Crippen molar-refractivity contribution in [2.75, 3.05) is 13.2 Å². The van der Waals surface area contributed by atoms with Crippen LogP contribution < -0.4 is 4.74 Å². The highest BCUT2D eigenvalue weighted by Gasteiger charge is 2.22. The maximum absolute atomic E-state index is 11.8. The van der Waals surface area contributed by atoms with E-state index in [0.717, 1.165) is 17.9 Å². The molecule has 6 nitrogen and oxygen atoms in total. The van der Waals surface area contributed by atoms with Gasteiger partial charge in [0.15, 0.2) is 11.4 Å². The zero-order chi connectivity index (χ0) is 13.4. The maximum atomic E-state index is 11.8. The van der Waals surface area contributed by atoms with Gasteiger partial charge in [0, 0.05) is 0 Å². The number of hydrogen-bond donors (Lipinski definition) is 0. The number of nitrogens with zero attached hydrogens (tertiary/aromatic N) is 3. The molecule has 0 aliphatic carbocycles. The third-order valence-electron chi connectivity index (χ3n) is 3.09. The first-order valence-corrected chi connectivity index (χ1v) is 6.36. The minimum Gasteiger partial charge on any atom is -0.490 e. The zero-order valence-corrected chi connectivity index (χ0v) is 10.9. The SMILES string of the molecule is CCOC(=O)c1cnn2cc3c(nc12)C[C@H](C)CO3. The Hall–Kier alpha value is -2.11. The molecule has 0 radical (unpaired) electrons. The van der Waals surface area contributed by atoms with Crippen molar-refractivity contribution in [2.45, 2.75) is 20.3 Å². The van der Waals surface area contributed by atoms with Gasteiger partial charge in [-0.3, -0.25) is 0 Å². The molecule has 3 heterocycles. The summed E-state index contributed by atoms with van der Waals surface area (Å²) in [6.45, 7) is 4.90. The van der Waals surface area contributed by atoms with Gasteiger partial charge in [-0.25, -0.2) is 14.3 Å². The van der Waals surface area contributed by atoms with Crippen LogP contribution in [0.25, 0.3) is 5.65 Å². The third-order valence-corrected chi connectivity index (χ3v) is 3.09. The highest BCUT2D eigenvalue weighted by Crippen LogP contribution is 2.26. The van der Waals surface area contributed by atoms with Gasteiger partial charge in [0.05, 0.1) is 31.3 Å². The van der Waals surface area contributed by atoms with Crippen LogP contribution in [0.1, 0.15) is 29.9 Å². The normalized spacial score (nSPS) is 17.9. The van der Waals surface area contributed by atoms with Crippen LogP contribution in [0.3, 0.4) is 0 Å². The Morgan fingerprint density at radius 2 is 2.47 bits per heavy atom. The van der Waals surface area contributed by atoms with E-state index in [-0.39, 0.29) is 0 Å². The molecule has 0 fully saturated rings. The van der Waals surface area contributed by atoms with Crippen LogP contribution in [-0.2, 0) is 11.2 Å². The number of esters is 1. The van der Waals surface area contributed by atoms with E-state index in [1.807, 2.05) is 0 Å². The summed E-state index contributed by atoms with van der Waals surface area (Å²) >= 11 is 0. The Kier molecular flexibility index (Phi) is 2.85. The Morgan fingerprint density at radius 3 is 3.26 bits per heavy atom. The molecule has 0 amide bonds. The standard InChI is InChI=1S/C13H15N3O3/c1-3-18-13(17)9-5-14-16-6-11-10(15-12(9)16)4-8(2)7-19-11/h5-6,8H,3-4,7H2,1-2H3/t8-/m0/s1. The summed E-state index contributed by atoms with van der Waals surface area (Å²) in [5.41, 5.74) is 1.79. The lowest BCUT2D eigenvalue weighted by Crippen LogP contribution is -2.20. The molecule has 1 atom stereocenters. The van der Waals surface area contributed by atoms with Gasteiger partial charge < -0.3 is 9.47 Å². The largest absolute Gasteiger partial charge is 0.490 e. The van der Waals surface area contributed by atoms with Gasteiger partial charge in [-0.2, -0.15) is 5.10 Å². The molecule has 0 unspecified atom stereocenters. The average Bonchev–Trinajstić information content (AvgIpc) is 2.79. The molecule has 2 aromatic heterocycles. The van der Waals surface area contributed by atoms with Gasteiger partial charge in [-0.15, -0.1) is 0 Å². The van der Waals surface area contributed by atoms with Gasteiger partial charge in [-0.1, -0.05) is 6.92 Å². The molecule has 2 aromatic rings. The van der Waals surface area contributed by atoms with E-state index in [1.54, 1.807) is 17.6 Å². The van der Waals surface area contributed by atoms with E-state index in [4.69, 9.17) is 9.47 Å². The van der Waals surface area contributed by atoms with Gasteiger partial charge in [0.2, 0.25) is 0 Å². The minimum atomic E-state index is -0.394. The van der Waals surface area contributed by atoms with Gasteiger partial charge >= 0.3 is 5.97 Å². The van der Waals surface area contributed by atoms with Crippen LogP contribution in [0.15, 0.2) is 12.4 Å². The Bertz CT molecular complexity index is 635. The van der Waals surface area contributed by atoms with E-state index < -0.39 is 5.97 Å². The molecule has 0 N–H and O–H groups in total. The molecule has 0 spiro atoms. The fourth-order valence-corrected chi connectivity index (χ4v) is 2.17. The van der Waals surface area contributed by atoms with Crippen molar-refractivity contribution in [2.24, 2.45) is 5.92 Å². The molecule has 3 rings (SSSR count). The predicted octanol–water partition coefficient (Wildman–Crippen LogP) is 1.48. The molecule has 100 valence electrons. The second kappa shape index (κ2) is 4.53. The molecule has 1 aliphatic heterocycles. The van der Waals surface area contributed by atoms with Gasteiger partial charge in [0.1, 0.15) is 5.56 Å². The number of rotatable bonds is 2. The highest BCUT2D eigenvalue weighted by molar-refractivity contribution is 5.95. The highest BCUT2D eigenvalue weighted by atomic mass is 16.5. The fraction of sp³-hybridized carbons (Fsp3) is 0.462. The molecule has 6 heteroatoms. The van der Waals surface area contributed by atoms with E-state index in [9.17, 15) is 4.79 Å². The van der Waals surface area contributed by atoms with Crippen LogP contribution >= 0.6 is 0 Å². The summed E-state index contributed by atoms with van der Waals surface area (Å²) in [5, 5.41) is 4.12. The minimum absolute atomic E-state index is 0.335. The van der Waals surface area contributed by atoms with Crippen molar-refractivity contribution >= 4 is 11.6 Å². The summed E-state index contributed by atoms with van der Waals surface area (Å²) in [5.74, 6) is 0.773. The van der Waals surface area contributed by atoms with Gasteiger partial charge in [0.25, 0.3) is 0 Å². The molecular weight excluding hydrogens is 246 g/mol. The first-order chi connectivity index (χ1) is 9.19. The number of ether oxygens (including phenoxy) is 2. The van der Waals surface area contributed by atoms with Crippen LogP contribution in [0.2, 0.25) is 0 Å². The summed E-state index contributed by atoms with van der Waals surface area (Å²) in [6, 6.07) is 0. The number of hydrogen-bond acceptors (Lipinski definition) is 5. The van der Waals surface area contributed by atoms with Crippen molar-refractivity contribution in [3.8, 4) is 5.75 Å². The molecule has 19 heavy (non-hydrogen) atoms. The summed E-state index contributed by atoms with van der Waals surface area (Å²) in [7, 11) is 0.